The van der Waals surface area contributed by atoms with Gasteiger partial charge >= 0.3 is 0 Å². The molecule has 0 aliphatic heterocycles. The first-order chi connectivity index (χ1) is 7.85. The summed E-state index contributed by atoms with van der Waals surface area (Å²) in [6, 6.07) is 0.546. The van der Waals surface area contributed by atoms with Crippen LogP contribution < -0.4 is 5.32 Å². The summed E-state index contributed by atoms with van der Waals surface area (Å²) in [5.41, 5.74) is 0. The molecule has 0 saturated carbocycles. The van der Waals surface area contributed by atoms with Gasteiger partial charge in [0.2, 0.25) is 0 Å². The lowest BCUT2D eigenvalue weighted by Gasteiger charge is -2.15. The fraction of sp³-hybridized carbons (Fsp3) is 1.00. The second-order valence-corrected chi connectivity index (χ2v) is 4.51. The molecule has 0 aliphatic carbocycles. The van der Waals surface area contributed by atoms with E-state index in [0.717, 1.165) is 26.2 Å². The molecule has 0 rings (SSSR count). The molecular weight excluding hydrogens is 198 g/mol. The predicted molar refractivity (Wildman–Crippen MR) is 72.0 cm³/mol. The zero-order chi connectivity index (χ0) is 12.1. The first-order valence-corrected chi connectivity index (χ1v) is 7.16. The van der Waals surface area contributed by atoms with E-state index in [1.807, 2.05) is 0 Å². The van der Waals surface area contributed by atoms with Crippen molar-refractivity contribution in [3.63, 3.8) is 0 Å². The average Bonchev–Trinajstić information content (AvgIpc) is 2.31. The highest BCUT2D eigenvalue weighted by Gasteiger charge is 2.03. The van der Waals surface area contributed by atoms with Crippen LogP contribution in [0.5, 0.6) is 0 Å². The van der Waals surface area contributed by atoms with Crippen LogP contribution in [0, 0.1) is 0 Å². The average molecular weight is 229 g/mol. The van der Waals surface area contributed by atoms with Crippen molar-refractivity contribution in [2.24, 2.45) is 0 Å². The third-order valence-corrected chi connectivity index (χ3v) is 2.95. The van der Waals surface area contributed by atoms with Crippen LogP contribution in [0.15, 0.2) is 0 Å². The summed E-state index contributed by atoms with van der Waals surface area (Å²) in [7, 11) is 0. The third-order valence-electron chi connectivity index (χ3n) is 2.95. The van der Waals surface area contributed by atoms with Crippen LogP contribution in [0.25, 0.3) is 0 Å². The van der Waals surface area contributed by atoms with Gasteiger partial charge in [-0.2, -0.15) is 0 Å². The Morgan fingerprint density at radius 1 is 0.938 bits per heavy atom. The number of hydrogen-bond donors (Lipinski definition) is 1. The lowest BCUT2D eigenvalue weighted by molar-refractivity contribution is 0.107. The molecule has 2 nitrogen and oxygen atoms in total. The molecule has 0 aromatic rings. The van der Waals surface area contributed by atoms with Crippen molar-refractivity contribution in [2.45, 2.75) is 71.8 Å². The first-order valence-electron chi connectivity index (χ1n) is 7.16. The summed E-state index contributed by atoms with van der Waals surface area (Å²) in [6.07, 6.45) is 9.21. The molecule has 0 bridgehead atoms. The number of rotatable bonds is 12. The minimum atomic E-state index is 0.546. The zero-order valence-electron chi connectivity index (χ0n) is 11.6. The molecule has 0 radical (unpaired) electrons. The Balaban J connectivity index is 3.12. The number of hydrogen-bond acceptors (Lipinski definition) is 2. The lowest BCUT2D eigenvalue weighted by Crippen LogP contribution is -2.32. The van der Waals surface area contributed by atoms with Gasteiger partial charge in [0.15, 0.2) is 0 Å². The molecule has 0 saturated heterocycles. The largest absolute Gasteiger partial charge is 0.380 e. The Hall–Kier alpha value is -0.0800. The van der Waals surface area contributed by atoms with Gasteiger partial charge in [0.25, 0.3) is 0 Å². The van der Waals surface area contributed by atoms with Gasteiger partial charge in [0.05, 0.1) is 6.61 Å². The number of likely N-dealkylation sites (N-methyl/N-ethyl adjacent to an activating group) is 1. The normalized spacial score (nSPS) is 12.9. The van der Waals surface area contributed by atoms with Crippen LogP contribution in [0.3, 0.4) is 0 Å². The molecule has 0 spiro atoms. The SMILES string of the molecule is CCCCCCCCOCC(CC)NCC. The quantitative estimate of drug-likeness (QED) is 0.515. The zero-order valence-corrected chi connectivity index (χ0v) is 11.6. The van der Waals surface area contributed by atoms with Crippen molar-refractivity contribution >= 4 is 0 Å². The van der Waals surface area contributed by atoms with E-state index < -0.39 is 0 Å². The number of ether oxygens (including phenoxy) is 1. The number of unbranched alkanes of at least 4 members (excludes halogenated alkanes) is 5. The van der Waals surface area contributed by atoms with E-state index in [2.05, 4.69) is 26.1 Å². The Morgan fingerprint density at radius 3 is 2.25 bits per heavy atom. The summed E-state index contributed by atoms with van der Waals surface area (Å²) in [6.45, 7) is 9.47. The predicted octanol–water partition coefficient (Wildman–Crippen LogP) is 3.75. The van der Waals surface area contributed by atoms with Crippen LogP contribution in [-0.2, 0) is 4.74 Å². The van der Waals surface area contributed by atoms with Crippen LogP contribution in [0.2, 0.25) is 0 Å². The molecule has 0 heterocycles. The second kappa shape index (κ2) is 13.0. The second-order valence-electron chi connectivity index (χ2n) is 4.51. The van der Waals surface area contributed by atoms with E-state index in [-0.39, 0.29) is 0 Å². The van der Waals surface area contributed by atoms with Crippen molar-refractivity contribution in [3.8, 4) is 0 Å². The summed E-state index contributed by atoms with van der Waals surface area (Å²) in [5, 5.41) is 3.43. The maximum atomic E-state index is 5.68. The van der Waals surface area contributed by atoms with Crippen molar-refractivity contribution < 1.29 is 4.74 Å². The van der Waals surface area contributed by atoms with Gasteiger partial charge in [-0.3, -0.25) is 0 Å². The molecule has 1 N–H and O–H groups in total. The van der Waals surface area contributed by atoms with Crippen molar-refractivity contribution in [3.05, 3.63) is 0 Å². The molecule has 98 valence electrons. The molecule has 0 aliphatic rings. The van der Waals surface area contributed by atoms with Crippen LogP contribution >= 0.6 is 0 Å². The van der Waals surface area contributed by atoms with Crippen LogP contribution in [0.4, 0.5) is 0 Å². The summed E-state index contributed by atoms with van der Waals surface area (Å²) < 4.78 is 5.68. The molecule has 16 heavy (non-hydrogen) atoms. The van der Waals surface area contributed by atoms with Gasteiger partial charge in [-0.25, -0.2) is 0 Å². The molecule has 0 aromatic heterocycles. The fourth-order valence-electron chi connectivity index (χ4n) is 1.82. The molecule has 1 unspecified atom stereocenters. The van der Waals surface area contributed by atoms with Crippen molar-refractivity contribution in [1.82, 2.24) is 5.32 Å². The fourth-order valence-corrected chi connectivity index (χ4v) is 1.82. The smallest absolute Gasteiger partial charge is 0.0619 e. The van der Waals surface area contributed by atoms with Crippen LogP contribution in [0.1, 0.15) is 65.7 Å². The van der Waals surface area contributed by atoms with E-state index in [9.17, 15) is 0 Å². The standard InChI is InChI=1S/C14H31NO/c1-4-7-8-9-10-11-12-16-13-14(5-2)15-6-3/h14-15H,4-13H2,1-3H3. The van der Waals surface area contributed by atoms with E-state index in [0.29, 0.717) is 6.04 Å². The molecular formula is C14H31NO. The Labute approximate surface area is 102 Å². The van der Waals surface area contributed by atoms with E-state index in [1.54, 1.807) is 0 Å². The molecule has 0 aromatic carbocycles. The molecule has 2 heteroatoms. The van der Waals surface area contributed by atoms with Crippen molar-refractivity contribution in [1.29, 1.82) is 0 Å². The highest BCUT2D eigenvalue weighted by molar-refractivity contribution is 4.61. The van der Waals surface area contributed by atoms with E-state index in [4.69, 9.17) is 4.74 Å². The summed E-state index contributed by atoms with van der Waals surface area (Å²) in [4.78, 5) is 0. The highest BCUT2D eigenvalue weighted by Crippen LogP contribution is 2.05. The third kappa shape index (κ3) is 10.4. The topological polar surface area (TPSA) is 21.3 Å². The van der Waals surface area contributed by atoms with Gasteiger partial charge in [0.1, 0.15) is 0 Å². The minimum Gasteiger partial charge on any atom is -0.380 e. The highest BCUT2D eigenvalue weighted by atomic mass is 16.5. The Bertz CT molecular complexity index is 128. The van der Waals surface area contributed by atoms with Gasteiger partial charge in [0, 0.05) is 12.6 Å². The lowest BCUT2D eigenvalue weighted by atomic mass is 10.1. The summed E-state index contributed by atoms with van der Waals surface area (Å²) in [5.74, 6) is 0. The maximum absolute atomic E-state index is 5.68. The Morgan fingerprint density at radius 2 is 1.62 bits per heavy atom. The van der Waals surface area contributed by atoms with Gasteiger partial charge in [-0.1, -0.05) is 52.9 Å². The molecule has 0 fully saturated rings. The van der Waals surface area contributed by atoms with Gasteiger partial charge in [-0.05, 0) is 19.4 Å². The Kier molecular flexibility index (Phi) is 12.9. The molecule has 0 amide bonds. The monoisotopic (exact) mass is 229 g/mol. The van der Waals surface area contributed by atoms with Crippen molar-refractivity contribution in [2.75, 3.05) is 19.8 Å². The van der Waals surface area contributed by atoms with Gasteiger partial charge in [-0.15, -0.1) is 0 Å². The van der Waals surface area contributed by atoms with E-state index >= 15 is 0 Å². The van der Waals surface area contributed by atoms with Crippen LogP contribution in [-0.4, -0.2) is 25.8 Å². The van der Waals surface area contributed by atoms with Gasteiger partial charge < -0.3 is 10.1 Å². The first kappa shape index (κ1) is 15.9. The number of nitrogens with one attached hydrogen (secondary N) is 1. The summed E-state index contributed by atoms with van der Waals surface area (Å²) >= 11 is 0. The van der Waals surface area contributed by atoms with E-state index in [1.165, 1.54) is 38.5 Å². The molecule has 1 atom stereocenters. The minimum absolute atomic E-state index is 0.546. The maximum Gasteiger partial charge on any atom is 0.0619 e.